The third-order valence-corrected chi connectivity index (χ3v) is 7.57. The Balaban J connectivity index is 1.81. The van der Waals surface area contributed by atoms with Crippen LogP contribution in [0.3, 0.4) is 0 Å². The first-order valence-corrected chi connectivity index (χ1v) is 11.9. The van der Waals surface area contributed by atoms with Crippen LogP contribution in [0.4, 0.5) is 0 Å². The molecule has 5 unspecified atom stereocenters. The predicted octanol–water partition coefficient (Wildman–Crippen LogP) is 4.99. The molecule has 7 heteroatoms. The lowest BCUT2D eigenvalue weighted by Gasteiger charge is -2.41. The molecule has 1 aliphatic heterocycles. The molecule has 1 N–H and O–H groups in total. The van der Waals surface area contributed by atoms with E-state index in [1.807, 2.05) is 23.1 Å². The zero-order valence-electron chi connectivity index (χ0n) is 18.2. The molecule has 0 spiro atoms. The van der Waals surface area contributed by atoms with Gasteiger partial charge in [0.05, 0.1) is 0 Å². The van der Waals surface area contributed by atoms with E-state index in [4.69, 9.17) is 34.1 Å². The standard InChI is InChI=1S/C25H28ClNO4S/c1-14-11-19(14)25(30)27-10-9-16-5-3-4-6-18(16)24(32)23(15(27)2)20-12-17(26)7-8-21(20)31-13-22(28)29/h3-8,12,14-15,19,23-24,32H,9-11,13H2,1-2H3,(H,28,29). The molecule has 0 aromatic heterocycles. The van der Waals surface area contributed by atoms with Crippen molar-refractivity contribution >= 4 is 36.1 Å². The molecule has 1 amide bonds. The molecule has 2 aliphatic rings. The van der Waals surface area contributed by atoms with E-state index in [-0.39, 0.29) is 29.0 Å². The highest BCUT2D eigenvalue weighted by atomic mass is 35.5. The summed E-state index contributed by atoms with van der Waals surface area (Å²) in [6.45, 7) is 4.34. The van der Waals surface area contributed by atoms with Crippen molar-refractivity contribution in [3.63, 3.8) is 0 Å². The largest absolute Gasteiger partial charge is 0.482 e. The summed E-state index contributed by atoms with van der Waals surface area (Å²) in [6, 6.07) is 13.2. The number of hydrogen-bond acceptors (Lipinski definition) is 4. The highest BCUT2D eigenvalue weighted by Gasteiger charge is 2.45. The summed E-state index contributed by atoms with van der Waals surface area (Å²) < 4.78 is 5.64. The van der Waals surface area contributed by atoms with Crippen molar-refractivity contribution in [1.29, 1.82) is 0 Å². The van der Waals surface area contributed by atoms with Crippen LogP contribution in [0.15, 0.2) is 42.5 Å². The van der Waals surface area contributed by atoms with Gasteiger partial charge < -0.3 is 14.7 Å². The number of carbonyl (C=O) groups is 2. The van der Waals surface area contributed by atoms with Gasteiger partial charge in [-0.1, -0.05) is 42.8 Å². The number of nitrogens with zero attached hydrogens (tertiary/aromatic N) is 1. The van der Waals surface area contributed by atoms with Gasteiger partial charge in [0.1, 0.15) is 5.75 Å². The van der Waals surface area contributed by atoms with Gasteiger partial charge >= 0.3 is 5.97 Å². The van der Waals surface area contributed by atoms with Crippen LogP contribution in [-0.2, 0) is 16.0 Å². The molecule has 1 saturated carbocycles. The zero-order chi connectivity index (χ0) is 23.0. The maximum atomic E-state index is 13.4. The minimum Gasteiger partial charge on any atom is -0.482 e. The number of ether oxygens (including phenoxy) is 1. The second-order valence-corrected chi connectivity index (χ2v) is 9.87. The van der Waals surface area contributed by atoms with Gasteiger partial charge in [0.15, 0.2) is 6.61 Å². The smallest absolute Gasteiger partial charge is 0.341 e. The maximum absolute atomic E-state index is 13.4. The van der Waals surface area contributed by atoms with Gasteiger partial charge in [0, 0.05) is 40.3 Å². The topological polar surface area (TPSA) is 66.8 Å². The van der Waals surface area contributed by atoms with E-state index in [1.54, 1.807) is 12.1 Å². The normalized spacial score (nSPS) is 27.1. The monoisotopic (exact) mass is 473 g/mol. The highest BCUT2D eigenvalue weighted by molar-refractivity contribution is 7.80. The quantitative estimate of drug-likeness (QED) is 0.600. The molecule has 0 saturated heterocycles. The lowest BCUT2D eigenvalue weighted by atomic mass is 9.81. The van der Waals surface area contributed by atoms with Crippen molar-refractivity contribution in [2.75, 3.05) is 13.2 Å². The molecule has 5 nitrogen and oxygen atoms in total. The van der Waals surface area contributed by atoms with E-state index in [0.29, 0.717) is 23.2 Å². The lowest BCUT2D eigenvalue weighted by molar-refractivity contribution is -0.139. The third-order valence-electron chi connectivity index (χ3n) is 6.74. The second kappa shape index (κ2) is 9.36. The molecule has 2 aromatic rings. The maximum Gasteiger partial charge on any atom is 0.341 e. The molecular weight excluding hydrogens is 446 g/mol. The van der Waals surface area contributed by atoms with Crippen molar-refractivity contribution in [2.45, 2.75) is 43.9 Å². The van der Waals surface area contributed by atoms with Gasteiger partial charge in [-0.3, -0.25) is 4.79 Å². The van der Waals surface area contributed by atoms with Gasteiger partial charge in [-0.2, -0.15) is 12.6 Å². The van der Waals surface area contributed by atoms with Gasteiger partial charge in [-0.25, -0.2) is 4.79 Å². The molecule has 0 radical (unpaired) electrons. The number of benzene rings is 2. The van der Waals surface area contributed by atoms with E-state index < -0.39 is 12.6 Å². The van der Waals surface area contributed by atoms with E-state index in [0.717, 1.165) is 24.0 Å². The predicted molar refractivity (Wildman–Crippen MR) is 128 cm³/mol. The van der Waals surface area contributed by atoms with Crippen LogP contribution < -0.4 is 4.74 Å². The number of carboxylic acids is 1. The minimum absolute atomic E-state index is 0.0771. The first kappa shape index (κ1) is 23.0. The van der Waals surface area contributed by atoms with Crippen LogP contribution >= 0.6 is 24.2 Å². The Morgan fingerprint density at radius 3 is 2.59 bits per heavy atom. The van der Waals surface area contributed by atoms with E-state index in [9.17, 15) is 9.59 Å². The van der Waals surface area contributed by atoms with E-state index in [1.165, 1.54) is 5.56 Å². The summed E-state index contributed by atoms with van der Waals surface area (Å²) >= 11 is 11.4. The van der Waals surface area contributed by atoms with E-state index >= 15 is 0 Å². The SMILES string of the molecule is CC1CC1C(=O)N1CCc2ccccc2C(S)C(c2cc(Cl)ccc2OCC(=O)O)C1C. The summed E-state index contributed by atoms with van der Waals surface area (Å²) in [4.78, 5) is 26.5. The number of thiol groups is 1. The van der Waals surface area contributed by atoms with Crippen molar-refractivity contribution in [2.24, 2.45) is 11.8 Å². The molecule has 2 aromatic carbocycles. The Bertz CT molecular complexity index is 1030. The summed E-state index contributed by atoms with van der Waals surface area (Å²) in [7, 11) is 0. The van der Waals surface area contributed by atoms with Gasteiger partial charge in [-0.15, -0.1) is 0 Å². The average molecular weight is 474 g/mol. The summed E-state index contributed by atoms with van der Waals surface area (Å²) in [5.74, 6) is -0.154. The minimum atomic E-state index is -1.05. The molecule has 0 bridgehead atoms. The fourth-order valence-corrected chi connectivity index (χ4v) is 5.66. The van der Waals surface area contributed by atoms with Crippen LogP contribution in [0.25, 0.3) is 0 Å². The Labute approximate surface area is 199 Å². The number of rotatable bonds is 5. The van der Waals surface area contributed by atoms with Crippen molar-refractivity contribution in [3.8, 4) is 5.75 Å². The third kappa shape index (κ3) is 4.62. The molecule has 1 aliphatic carbocycles. The summed E-state index contributed by atoms with van der Waals surface area (Å²) in [5, 5.41) is 9.44. The van der Waals surface area contributed by atoms with Gasteiger partial charge in [0.2, 0.25) is 5.91 Å². The number of aliphatic carboxylic acids is 1. The molecule has 32 heavy (non-hydrogen) atoms. The van der Waals surface area contributed by atoms with Crippen LogP contribution in [0.1, 0.15) is 48.1 Å². The average Bonchev–Trinajstić information content (AvgIpc) is 3.49. The van der Waals surface area contributed by atoms with Crippen LogP contribution in [0.5, 0.6) is 5.75 Å². The first-order valence-electron chi connectivity index (χ1n) is 11.0. The summed E-state index contributed by atoms with van der Waals surface area (Å²) in [6.07, 6.45) is 1.70. The van der Waals surface area contributed by atoms with E-state index in [2.05, 4.69) is 26.0 Å². The number of halogens is 1. The molecular formula is C25H28ClNO4S. The molecule has 1 heterocycles. The zero-order valence-corrected chi connectivity index (χ0v) is 19.9. The number of amides is 1. The van der Waals surface area contributed by atoms with Crippen LogP contribution in [0.2, 0.25) is 5.02 Å². The Hall–Kier alpha value is -2.18. The molecule has 4 rings (SSSR count). The van der Waals surface area contributed by atoms with Crippen molar-refractivity contribution in [3.05, 3.63) is 64.2 Å². The first-order chi connectivity index (χ1) is 15.3. The number of carboxylic acid groups (broad SMARTS) is 1. The Morgan fingerprint density at radius 2 is 1.91 bits per heavy atom. The number of carbonyl (C=O) groups excluding carboxylic acids is 1. The van der Waals surface area contributed by atoms with Crippen LogP contribution in [-0.4, -0.2) is 41.1 Å². The van der Waals surface area contributed by atoms with Gasteiger partial charge in [-0.05, 0) is 55.0 Å². The molecule has 170 valence electrons. The molecule has 5 atom stereocenters. The molecule has 1 fully saturated rings. The lowest BCUT2D eigenvalue weighted by Crippen LogP contribution is -2.46. The fourth-order valence-electron chi connectivity index (χ4n) is 4.82. The van der Waals surface area contributed by atoms with Crippen LogP contribution in [0, 0.1) is 11.8 Å². The van der Waals surface area contributed by atoms with Crippen molar-refractivity contribution in [1.82, 2.24) is 4.90 Å². The summed E-state index contributed by atoms with van der Waals surface area (Å²) in [5.41, 5.74) is 3.05. The highest BCUT2D eigenvalue weighted by Crippen LogP contribution is 2.48. The Kier molecular flexibility index (Phi) is 6.72. The number of hydrogen-bond donors (Lipinski definition) is 2. The van der Waals surface area contributed by atoms with Gasteiger partial charge in [0.25, 0.3) is 0 Å². The number of fused-ring (bicyclic) bond motifs is 1. The Morgan fingerprint density at radius 1 is 1.19 bits per heavy atom. The second-order valence-electron chi connectivity index (χ2n) is 8.88. The van der Waals surface area contributed by atoms with Crippen molar-refractivity contribution < 1.29 is 19.4 Å². The fraction of sp³-hybridized carbons (Fsp3) is 0.440.